The van der Waals surface area contributed by atoms with E-state index in [2.05, 4.69) is 53.2 Å². The average molecular weight is 365 g/mol. The quantitative estimate of drug-likeness (QED) is 0.706. The van der Waals surface area contributed by atoms with Crippen molar-refractivity contribution in [2.45, 2.75) is 32.1 Å². The number of aryl methyl sites for hydroxylation is 1. The third-order valence-corrected chi connectivity index (χ3v) is 5.65. The molecule has 0 N–H and O–H groups in total. The van der Waals surface area contributed by atoms with Crippen LogP contribution in [-0.2, 0) is 17.6 Å². The maximum atomic E-state index is 13.0. The second kappa shape index (κ2) is 10.3. The molecule has 2 aromatic rings. The summed E-state index contributed by atoms with van der Waals surface area (Å²) in [6, 6.07) is 20.8. The highest BCUT2D eigenvalue weighted by molar-refractivity contribution is 5.76. The first-order chi connectivity index (χ1) is 13.2. The van der Waals surface area contributed by atoms with E-state index < -0.39 is 0 Å². The zero-order valence-electron chi connectivity index (χ0n) is 16.5. The lowest BCUT2D eigenvalue weighted by Crippen LogP contribution is -2.40. The van der Waals surface area contributed by atoms with E-state index in [0.717, 1.165) is 39.0 Å². The summed E-state index contributed by atoms with van der Waals surface area (Å²) >= 11 is 0. The number of hydrogen-bond donors (Lipinski definition) is 0. The molecule has 0 saturated carbocycles. The van der Waals surface area contributed by atoms with Crippen LogP contribution in [0.4, 0.5) is 0 Å². The molecule has 1 saturated heterocycles. The Morgan fingerprint density at radius 1 is 0.926 bits per heavy atom. The van der Waals surface area contributed by atoms with Crippen LogP contribution in [0.2, 0.25) is 0 Å². The minimum absolute atomic E-state index is 0.300. The lowest BCUT2D eigenvalue weighted by molar-refractivity contribution is -0.132. The van der Waals surface area contributed by atoms with Crippen molar-refractivity contribution in [3.63, 3.8) is 0 Å². The Bertz CT molecular complexity index is 678. The van der Waals surface area contributed by atoms with Gasteiger partial charge >= 0.3 is 0 Å². The third kappa shape index (κ3) is 6.51. The predicted molar refractivity (Wildman–Crippen MR) is 112 cm³/mol. The van der Waals surface area contributed by atoms with Crippen molar-refractivity contribution >= 4 is 5.91 Å². The molecule has 1 fully saturated rings. The molecule has 0 spiro atoms. The average Bonchev–Trinajstić information content (AvgIpc) is 2.72. The van der Waals surface area contributed by atoms with Crippen LogP contribution in [0.15, 0.2) is 60.7 Å². The van der Waals surface area contributed by atoms with Crippen molar-refractivity contribution < 1.29 is 4.79 Å². The van der Waals surface area contributed by atoms with Gasteiger partial charge in [-0.15, -0.1) is 0 Å². The van der Waals surface area contributed by atoms with Crippen LogP contribution in [0, 0.1) is 5.92 Å². The lowest BCUT2D eigenvalue weighted by atomic mass is 9.96. The third-order valence-electron chi connectivity index (χ3n) is 5.65. The van der Waals surface area contributed by atoms with Crippen LogP contribution >= 0.6 is 0 Å². The highest BCUT2D eigenvalue weighted by atomic mass is 16.2. The molecule has 3 rings (SSSR count). The van der Waals surface area contributed by atoms with E-state index in [4.69, 9.17) is 0 Å². The van der Waals surface area contributed by atoms with Crippen LogP contribution in [0.25, 0.3) is 0 Å². The first-order valence-electron chi connectivity index (χ1n) is 10.2. The molecule has 1 heterocycles. The summed E-state index contributed by atoms with van der Waals surface area (Å²) in [5, 5.41) is 0. The Labute approximate surface area is 164 Å². The highest BCUT2D eigenvalue weighted by Crippen LogP contribution is 2.18. The number of benzene rings is 2. The zero-order chi connectivity index (χ0) is 18.9. The summed E-state index contributed by atoms with van der Waals surface area (Å²) in [5.41, 5.74) is 2.55. The summed E-state index contributed by atoms with van der Waals surface area (Å²) in [5.74, 6) is 0.936. The van der Waals surface area contributed by atoms with E-state index in [1.807, 2.05) is 24.3 Å². The van der Waals surface area contributed by atoms with Gasteiger partial charge in [-0.25, -0.2) is 0 Å². The van der Waals surface area contributed by atoms with Crippen LogP contribution in [-0.4, -0.2) is 48.9 Å². The van der Waals surface area contributed by atoms with E-state index in [0.29, 0.717) is 18.2 Å². The van der Waals surface area contributed by atoms with Crippen molar-refractivity contribution in [1.29, 1.82) is 0 Å². The number of nitrogens with zero attached hydrogens (tertiary/aromatic N) is 2. The molecule has 2 aromatic carbocycles. The minimum Gasteiger partial charge on any atom is -0.342 e. The second-order valence-corrected chi connectivity index (χ2v) is 7.81. The van der Waals surface area contributed by atoms with Gasteiger partial charge in [0.05, 0.1) is 0 Å². The number of likely N-dealkylation sites (tertiary alicyclic amines) is 1. The number of hydrogen-bond acceptors (Lipinski definition) is 2. The zero-order valence-corrected chi connectivity index (χ0v) is 16.5. The van der Waals surface area contributed by atoms with Gasteiger partial charge in [-0.3, -0.25) is 4.79 Å². The fourth-order valence-electron chi connectivity index (χ4n) is 3.84. The van der Waals surface area contributed by atoms with Gasteiger partial charge < -0.3 is 9.80 Å². The molecule has 1 amide bonds. The van der Waals surface area contributed by atoms with Crippen LogP contribution in [0.5, 0.6) is 0 Å². The number of carbonyl (C=O) groups excluding carboxylic acids is 1. The van der Waals surface area contributed by atoms with Crippen molar-refractivity contribution in [3.05, 3.63) is 71.8 Å². The Morgan fingerprint density at radius 3 is 2.07 bits per heavy atom. The van der Waals surface area contributed by atoms with Gasteiger partial charge in [-0.2, -0.15) is 0 Å². The van der Waals surface area contributed by atoms with E-state index in [-0.39, 0.29) is 0 Å². The minimum atomic E-state index is 0.300. The smallest absolute Gasteiger partial charge is 0.222 e. The first kappa shape index (κ1) is 19.6. The Balaban J connectivity index is 1.57. The van der Waals surface area contributed by atoms with E-state index in [1.54, 1.807) is 0 Å². The van der Waals surface area contributed by atoms with E-state index in [9.17, 15) is 4.79 Å². The number of carbonyl (C=O) groups is 1. The number of piperidine rings is 1. The van der Waals surface area contributed by atoms with Gasteiger partial charge in [0.2, 0.25) is 5.91 Å². The lowest BCUT2D eigenvalue weighted by Gasteiger charge is -2.33. The fraction of sp³-hybridized carbons (Fsp3) is 0.458. The number of amides is 1. The number of rotatable bonds is 8. The second-order valence-electron chi connectivity index (χ2n) is 7.81. The molecule has 0 aromatic heterocycles. The standard InChI is InChI=1S/C24H32N2O/c1-25-17-14-23(15-18-25)20-26(19-16-22-10-6-3-7-11-22)24(27)13-12-21-8-4-2-5-9-21/h2-11,23H,12-20H2,1H3. The molecule has 144 valence electrons. The topological polar surface area (TPSA) is 23.6 Å². The van der Waals surface area contributed by atoms with E-state index in [1.165, 1.54) is 24.0 Å². The van der Waals surface area contributed by atoms with Crippen molar-refractivity contribution in [1.82, 2.24) is 9.80 Å². The van der Waals surface area contributed by atoms with Gasteiger partial charge in [0.25, 0.3) is 0 Å². The summed E-state index contributed by atoms with van der Waals surface area (Å²) in [7, 11) is 2.19. The molecule has 0 aliphatic carbocycles. The summed E-state index contributed by atoms with van der Waals surface area (Å²) in [6.45, 7) is 4.03. The van der Waals surface area contributed by atoms with Crippen LogP contribution in [0.1, 0.15) is 30.4 Å². The molecule has 3 heteroatoms. The van der Waals surface area contributed by atoms with Gasteiger partial charge in [0.15, 0.2) is 0 Å². The van der Waals surface area contributed by atoms with Crippen LogP contribution < -0.4 is 0 Å². The molecular formula is C24H32N2O. The molecule has 27 heavy (non-hydrogen) atoms. The SMILES string of the molecule is CN1CCC(CN(CCc2ccccc2)C(=O)CCc2ccccc2)CC1. The molecule has 3 nitrogen and oxygen atoms in total. The van der Waals surface area contributed by atoms with E-state index >= 15 is 0 Å². The summed E-state index contributed by atoms with van der Waals surface area (Å²) in [6.07, 6.45) is 4.76. The Kier molecular flexibility index (Phi) is 7.46. The normalized spacial score (nSPS) is 15.6. The van der Waals surface area contributed by atoms with Crippen LogP contribution in [0.3, 0.4) is 0 Å². The molecule has 0 unspecified atom stereocenters. The van der Waals surface area contributed by atoms with Gasteiger partial charge in [-0.1, -0.05) is 60.7 Å². The maximum absolute atomic E-state index is 13.0. The summed E-state index contributed by atoms with van der Waals surface area (Å²) in [4.78, 5) is 17.5. The van der Waals surface area contributed by atoms with Crippen molar-refractivity contribution in [3.8, 4) is 0 Å². The predicted octanol–water partition coefficient (Wildman–Crippen LogP) is 4.03. The fourth-order valence-corrected chi connectivity index (χ4v) is 3.84. The summed E-state index contributed by atoms with van der Waals surface area (Å²) < 4.78 is 0. The van der Waals surface area contributed by atoms with Gasteiger partial charge in [-0.05, 0) is 62.9 Å². The Hall–Kier alpha value is -2.13. The van der Waals surface area contributed by atoms with Gasteiger partial charge in [0, 0.05) is 19.5 Å². The maximum Gasteiger partial charge on any atom is 0.222 e. The molecule has 0 radical (unpaired) electrons. The Morgan fingerprint density at radius 2 is 1.48 bits per heavy atom. The first-order valence-corrected chi connectivity index (χ1v) is 10.2. The molecular weight excluding hydrogens is 332 g/mol. The van der Waals surface area contributed by atoms with Crippen molar-refractivity contribution in [2.24, 2.45) is 5.92 Å². The van der Waals surface area contributed by atoms with Crippen molar-refractivity contribution in [2.75, 3.05) is 33.2 Å². The van der Waals surface area contributed by atoms with Gasteiger partial charge in [0.1, 0.15) is 0 Å². The molecule has 0 atom stereocenters. The monoisotopic (exact) mass is 364 g/mol. The highest BCUT2D eigenvalue weighted by Gasteiger charge is 2.22. The largest absolute Gasteiger partial charge is 0.342 e. The molecule has 1 aliphatic heterocycles. The molecule has 1 aliphatic rings. The molecule has 0 bridgehead atoms.